The summed E-state index contributed by atoms with van der Waals surface area (Å²) in [4.78, 5) is 0. The highest BCUT2D eigenvalue weighted by atomic mass is 28.4. The topological polar surface area (TPSA) is 99.4 Å². The number of methoxy groups -OCH3 is 1. The normalized spacial score (nSPS) is 24.3. The molecule has 0 unspecified atom stereocenters. The molecule has 0 radical (unpaired) electrons. The number of ether oxygens (including phenoxy) is 1. The van der Waals surface area contributed by atoms with Crippen molar-refractivity contribution in [3.63, 3.8) is 0 Å². The fraction of sp³-hybridized carbons (Fsp3) is 0.379. The highest BCUT2D eigenvalue weighted by molar-refractivity contribution is 6.99. The molecule has 0 amide bonds. The van der Waals surface area contributed by atoms with Gasteiger partial charge in [0.2, 0.25) is 0 Å². The fourth-order valence-electron chi connectivity index (χ4n) is 5.54. The zero-order valence-electron chi connectivity index (χ0n) is 21.3. The molecule has 192 valence electrons. The van der Waals surface area contributed by atoms with E-state index in [-0.39, 0.29) is 11.6 Å². The van der Waals surface area contributed by atoms with E-state index in [0.717, 1.165) is 10.4 Å². The second-order valence-electron chi connectivity index (χ2n) is 10.6. The molecule has 7 heteroatoms. The first-order valence-corrected chi connectivity index (χ1v) is 14.1. The summed E-state index contributed by atoms with van der Waals surface area (Å²) in [6.07, 6.45) is -4.05. The van der Waals surface area contributed by atoms with E-state index in [1.54, 1.807) is 18.2 Å². The summed E-state index contributed by atoms with van der Waals surface area (Å²) < 4.78 is 12.2. The molecule has 4 rings (SSSR count). The van der Waals surface area contributed by atoms with Crippen molar-refractivity contribution in [2.45, 2.75) is 44.1 Å². The van der Waals surface area contributed by atoms with Crippen molar-refractivity contribution in [2.24, 2.45) is 5.41 Å². The van der Waals surface area contributed by atoms with Crippen molar-refractivity contribution in [3.05, 3.63) is 90.0 Å². The average molecular weight is 509 g/mol. The van der Waals surface area contributed by atoms with Crippen LogP contribution in [0.3, 0.4) is 0 Å². The number of fused-ring (bicyclic) bond motifs is 1. The molecule has 3 aromatic rings. The van der Waals surface area contributed by atoms with Gasteiger partial charge in [0.05, 0.1) is 31.3 Å². The molecular weight excluding hydrogens is 472 g/mol. The number of hydrogen-bond donors (Lipinski definition) is 4. The van der Waals surface area contributed by atoms with Crippen LogP contribution in [0.2, 0.25) is 5.04 Å². The molecule has 0 aliphatic heterocycles. The monoisotopic (exact) mass is 508 g/mol. The van der Waals surface area contributed by atoms with Gasteiger partial charge in [-0.25, -0.2) is 0 Å². The minimum absolute atomic E-state index is 0.151. The summed E-state index contributed by atoms with van der Waals surface area (Å²) >= 11 is 0. The molecule has 6 nitrogen and oxygen atoms in total. The molecule has 1 aliphatic rings. The van der Waals surface area contributed by atoms with Crippen LogP contribution in [0.1, 0.15) is 44.1 Å². The van der Waals surface area contributed by atoms with Crippen molar-refractivity contribution < 1.29 is 29.6 Å². The minimum atomic E-state index is -3.02. The van der Waals surface area contributed by atoms with Gasteiger partial charge in [0.1, 0.15) is 11.9 Å². The van der Waals surface area contributed by atoms with E-state index in [1.165, 1.54) is 7.11 Å². The van der Waals surface area contributed by atoms with Crippen LogP contribution in [0.15, 0.2) is 78.9 Å². The van der Waals surface area contributed by atoms with Crippen LogP contribution in [0, 0.1) is 5.41 Å². The molecule has 0 aromatic heterocycles. The maximum atomic E-state index is 11.5. The van der Waals surface area contributed by atoms with Gasteiger partial charge in [-0.05, 0) is 38.7 Å². The lowest BCUT2D eigenvalue weighted by molar-refractivity contribution is -0.171. The zero-order valence-corrected chi connectivity index (χ0v) is 22.3. The predicted molar refractivity (Wildman–Crippen MR) is 142 cm³/mol. The molecule has 0 saturated heterocycles. The number of aliphatic hydroxyl groups excluding tert-OH is 4. The number of aliphatic hydroxyl groups is 4. The first kappa shape index (κ1) is 26.5. The van der Waals surface area contributed by atoms with Gasteiger partial charge in [-0.15, -0.1) is 0 Å². The Hall–Kier alpha value is -2.52. The Morgan fingerprint density at radius 1 is 0.833 bits per heavy atom. The van der Waals surface area contributed by atoms with Crippen molar-refractivity contribution in [3.8, 4) is 5.75 Å². The molecule has 4 N–H and O–H groups in total. The van der Waals surface area contributed by atoms with Crippen LogP contribution < -0.4 is 15.1 Å². The van der Waals surface area contributed by atoms with Gasteiger partial charge in [0, 0.05) is 6.61 Å². The Bertz CT molecular complexity index is 1120. The average Bonchev–Trinajstić information content (AvgIpc) is 2.89. The van der Waals surface area contributed by atoms with Gasteiger partial charge in [0.25, 0.3) is 8.32 Å². The maximum absolute atomic E-state index is 11.5. The molecule has 0 saturated carbocycles. The lowest BCUT2D eigenvalue weighted by Gasteiger charge is -2.50. The SMILES string of the molecule is COc1ccc2c(c1)[C@H](O)[C@H](O)[C@@](CO)(CO[Si](c1ccccc1)(c1ccccc1)C(C)(C)C)[C@H]2O. The number of rotatable bonds is 7. The summed E-state index contributed by atoms with van der Waals surface area (Å²) in [7, 11) is -1.51. The first-order chi connectivity index (χ1) is 17.1. The lowest BCUT2D eigenvalue weighted by atomic mass is 9.67. The van der Waals surface area contributed by atoms with E-state index in [9.17, 15) is 20.4 Å². The van der Waals surface area contributed by atoms with Crippen molar-refractivity contribution in [2.75, 3.05) is 20.3 Å². The molecule has 0 heterocycles. The predicted octanol–water partition coefficient (Wildman–Crippen LogP) is 2.69. The van der Waals surface area contributed by atoms with Crippen molar-refractivity contribution >= 4 is 18.7 Å². The van der Waals surface area contributed by atoms with Gasteiger partial charge >= 0.3 is 0 Å². The van der Waals surface area contributed by atoms with E-state index in [4.69, 9.17) is 9.16 Å². The highest BCUT2D eigenvalue weighted by Crippen LogP contribution is 2.50. The third-order valence-electron chi connectivity index (χ3n) is 7.61. The van der Waals surface area contributed by atoms with Crippen LogP contribution in [-0.4, -0.2) is 55.2 Å². The molecule has 1 aliphatic carbocycles. The van der Waals surface area contributed by atoms with Crippen molar-refractivity contribution in [1.29, 1.82) is 0 Å². The Labute approximate surface area is 213 Å². The third kappa shape index (κ3) is 4.20. The van der Waals surface area contributed by atoms with Crippen LogP contribution >= 0.6 is 0 Å². The van der Waals surface area contributed by atoms with Crippen LogP contribution in [0.4, 0.5) is 0 Å². The summed E-state index contributed by atoms with van der Waals surface area (Å²) in [5.74, 6) is 0.507. The second kappa shape index (κ2) is 10.1. The summed E-state index contributed by atoms with van der Waals surface area (Å²) in [6.45, 7) is 5.68. The fourth-order valence-corrected chi connectivity index (χ4v) is 10.2. The van der Waals surface area contributed by atoms with Crippen molar-refractivity contribution in [1.82, 2.24) is 0 Å². The molecular formula is C29H36O6Si. The Morgan fingerprint density at radius 3 is 1.86 bits per heavy atom. The minimum Gasteiger partial charge on any atom is -0.497 e. The standard InChI is InChI=1S/C29H36O6Si/c1-28(2,3)36(21-11-7-5-8-12-21,22-13-9-6-10-14-22)35-19-29(18-30)26(32)23-16-15-20(34-4)17-24(23)25(31)27(29)33/h5-17,25-27,30-33H,18-19H2,1-4H3/t25-,26-,27-,29-/m0/s1. The van der Waals surface area contributed by atoms with Gasteiger partial charge < -0.3 is 29.6 Å². The summed E-state index contributed by atoms with van der Waals surface area (Å²) in [5.41, 5.74) is -0.716. The largest absolute Gasteiger partial charge is 0.497 e. The number of benzene rings is 3. The summed E-state index contributed by atoms with van der Waals surface area (Å²) in [5, 5.41) is 46.3. The lowest BCUT2D eigenvalue weighted by Crippen LogP contribution is -2.68. The first-order valence-electron chi connectivity index (χ1n) is 12.2. The van der Waals surface area contributed by atoms with Crippen LogP contribution in [0.5, 0.6) is 5.75 Å². The summed E-state index contributed by atoms with van der Waals surface area (Å²) in [6, 6.07) is 25.0. The third-order valence-corrected chi connectivity index (χ3v) is 12.6. The Balaban J connectivity index is 1.83. The molecule has 0 fully saturated rings. The van der Waals surface area contributed by atoms with E-state index in [2.05, 4.69) is 45.0 Å². The Morgan fingerprint density at radius 2 is 1.39 bits per heavy atom. The maximum Gasteiger partial charge on any atom is 0.261 e. The van der Waals surface area contributed by atoms with E-state index in [1.807, 2.05) is 36.4 Å². The second-order valence-corrected chi connectivity index (χ2v) is 14.9. The van der Waals surface area contributed by atoms with Gasteiger partial charge in [0.15, 0.2) is 0 Å². The Kier molecular flexibility index (Phi) is 7.44. The molecule has 0 bridgehead atoms. The smallest absolute Gasteiger partial charge is 0.261 e. The molecule has 36 heavy (non-hydrogen) atoms. The van der Waals surface area contributed by atoms with Crippen LogP contribution in [0.25, 0.3) is 0 Å². The van der Waals surface area contributed by atoms with Crippen LogP contribution in [-0.2, 0) is 4.43 Å². The quantitative estimate of drug-likeness (QED) is 0.366. The zero-order chi connectivity index (χ0) is 26.1. The van der Waals surface area contributed by atoms with Gasteiger partial charge in [-0.2, -0.15) is 0 Å². The highest BCUT2D eigenvalue weighted by Gasteiger charge is 2.57. The van der Waals surface area contributed by atoms with Gasteiger partial charge in [-0.1, -0.05) is 87.5 Å². The van der Waals surface area contributed by atoms with Gasteiger partial charge in [-0.3, -0.25) is 0 Å². The number of hydrogen-bond acceptors (Lipinski definition) is 6. The van der Waals surface area contributed by atoms with E-state index < -0.39 is 38.7 Å². The molecule has 3 aromatic carbocycles. The van der Waals surface area contributed by atoms with E-state index >= 15 is 0 Å². The molecule has 0 spiro atoms. The van der Waals surface area contributed by atoms with E-state index in [0.29, 0.717) is 16.9 Å². The molecule has 4 atom stereocenters.